The minimum atomic E-state index is -1.57. The largest absolute Gasteiger partial charge is 0.459 e. The lowest BCUT2D eigenvalue weighted by molar-refractivity contribution is -0.153. The first kappa shape index (κ1) is 30.8. The van der Waals surface area contributed by atoms with Crippen LogP contribution in [0, 0.1) is 18.3 Å². The highest BCUT2D eigenvalue weighted by molar-refractivity contribution is 7.44. The third kappa shape index (κ3) is 9.13. The van der Waals surface area contributed by atoms with Crippen LogP contribution in [0.25, 0.3) is 0 Å². The second-order valence-corrected chi connectivity index (χ2v) is 10.9. The number of hydrogen-bond acceptors (Lipinski definition) is 10. The van der Waals surface area contributed by atoms with E-state index < -0.39 is 44.2 Å². The molecule has 0 bridgehead atoms. The van der Waals surface area contributed by atoms with E-state index in [2.05, 4.69) is 15.7 Å². The van der Waals surface area contributed by atoms with Crippen LogP contribution in [0.3, 0.4) is 0 Å². The number of H-pyrrole nitrogens is 1. The van der Waals surface area contributed by atoms with Gasteiger partial charge in [0.25, 0.3) is 14.1 Å². The minimum absolute atomic E-state index is 0.00750. The number of Topliss-reactive ketones (excluding diaryl/α,β-unsaturated/α-hetero) is 1. The SMILES string of the molecule is CC(=O)CCC(=O)O[C@@H]1C[C@H](n2cc(C)c(=O)[nH]c2=O)OC1COP(OCCC#N)N(C(C)C)C(C)C. The summed E-state index contributed by atoms with van der Waals surface area (Å²) < 4.78 is 27.1. The van der Waals surface area contributed by atoms with Crippen LogP contribution >= 0.6 is 8.53 Å². The maximum Gasteiger partial charge on any atom is 0.330 e. The van der Waals surface area contributed by atoms with Crippen molar-refractivity contribution in [1.29, 1.82) is 5.26 Å². The number of aromatic nitrogens is 2. The van der Waals surface area contributed by atoms with Crippen LogP contribution in [0.2, 0.25) is 0 Å². The number of aryl methyl sites for hydroxylation is 1. The van der Waals surface area contributed by atoms with E-state index in [-0.39, 0.29) is 56.8 Å². The van der Waals surface area contributed by atoms with Crippen molar-refractivity contribution in [2.24, 2.45) is 0 Å². The zero-order chi connectivity index (χ0) is 27.7. The van der Waals surface area contributed by atoms with Gasteiger partial charge in [0, 0.05) is 36.7 Å². The zero-order valence-corrected chi connectivity index (χ0v) is 23.2. The molecule has 0 aliphatic carbocycles. The Bertz CT molecular complexity index is 1070. The Morgan fingerprint density at radius 1 is 1.24 bits per heavy atom. The molecule has 1 aliphatic heterocycles. The van der Waals surface area contributed by atoms with Crippen molar-refractivity contribution in [1.82, 2.24) is 14.2 Å². The van der Waals surface area contributed by atoms with Crippen LogP contribution in [-0.4, -0.2) is 63.5 Å². The molecule has 1 N–H and O–H groups in total. The topological polar surface area (TPSA) is 153 Å². The summed E-state index contributed by atoms with van der Waals surface area (Å²) in [6.07, 6.45) is -0.552. The van der Waals surface area contributed by atoms with Gasteiger partial charge in [0.15, 0.2) is 0 Å². The summed E-state index contributed by atoms with van der Waals surface area (Å²) >= 11 is 0. The Kier molecular flexibility index (Phi) is 12.1. The number of rotatable bonds is 14. The van der Waals surface area contributed by atoms with Crippen molar-refractivity contribution >= 4 is 20.3 Å². The summed E-state index contributed by atoms with van der Waals surface area (Å²) in [6.45, 7) is 11.2. The van der Waals surface area contributed by atoms with Crippen molar-refractivity contribution in [2.45, 2.75) is 97.7 Å². The van der Waals surface area contributed by atoms with Crippen molar-refractivity contribution < 1.29 is 28.1 Å². The Labute approximate surface area is 217 Å². The molecule has 4 atom stereocenters. The standard InChI is InChI=1S/C24H37N4O8P/c1-15(2)28(16(3)4)37(33-11-7-10-25)34-14-20-19(36-22(30)9-8-18(6)29)12-21(35-20)27-13-17(5)23(31)26-24(27)32/h13,15-16,19-21H,7-9,11-12,14H2,1-6H3,(H,26,31,32)/t19-,20?,21-,37?/m1/s1. The van der Waals surface area contributed by atoms with Crippen molar-refractivity contribution in [3.63, 3.8) is 0 Å². The number of nitrogens with one attached hydrogen (secondary N) is 1. The molecule has 12 nitrogen and oxygen atoms in total. The van der Waals surface area contributed by atoms with Gasteiger partial charge in [-0.2, -0.15) is 5.26 Å². The fourth-order valence-corrected chi connectivity index (χ4v) is 5.52. The maximum atomic E-state index is 12.4. The molecule has 1 aromatic heterocycles. The van der Waals surface area contributed by atoms with E-state index in [1.54, 1.807) is 6.92 Å². The first-order valence-corrected chi connectivity index (χ1v) is 13.4. The molecule has 1 saturated heterocycles. The monoisotopic (exact) mass is 540 g/mol. The van der Waals surface area contributed by atoms with E-state index in [0.29, 0.717) is 5.56 Å². The molecule has 2 unspecified atom stereocenters. The van der Waals surface area contributed by atoms with Gasteiger partial charge in [-0.3, -0.25) is 19.1 Å². The van der Waals surface area contributed by atoms with Crippen molar-refractivity contribution in [3.8, 4) is 6.07 Å². The Hall–Kier alpha value is -2.42. The quantitative estimate of drug-likeness (QED) is 0.212. The molecular weight excluding hydrogens is 503 g/mol. The van der Waals surface area contributed by atoms with E-state index in [0.717, 1.165) is 0 Å². The molecule has 1 aliphatic rings. The first-order valence-electron chi connectivity index (χ1n) is 12.3. The maximum absolute atomic E-state index is 12.4. The van der Waals surface area contributed by atoms with Crippen molar-refractivity contribution in [2.75, 3.05) is 13.2 Å². The van der Waals surface area contributed by atoms with Gasteiger partial charge in [0.05, 0.1) is 32.1 Å². The molecule has 13 heteroatoms. The van der Waals surface area contributed by atoms with Crippen LogP contribution in [0.1, 0.15) is 72.1 Å². The molecule has 1 aromatic rings. The molecule has 37 heavy (non-hydrogen) atoms. The highest BCUT2D eigenvalue weighted by Crippen LogP contribution is 2.47. The summed E-state index contributed by atoms with van der Waals surface area (Å²) in [5, 5.41) is 8.91. The van der Waals surface area contributed by atoms with E-state index in [9.17, 15) is 19.2 Å². The number of aromatic amines is 1. The molecule has 2 heterocycles. The summed E-state index contributed by atoms with van der Waals surface area (Å²) in [7, 11) is -1.57. The van der Waals surface area contributed by atoms with Crippen LogP contribution in [0.4, 0.5) is 0 Å². The number of nitriles is 1. The number of carbonyl (C=O) groups is 2. The second kappa shape index (κ2) is 14.5. The minimum Gasteiger partial charge on any atom is -0.459 e. The van der Waals surface area contributed by atoms with E-state index >= 15 is 0 Å². The summed E-state index contributed by atoms with van der Waals surface area (Å²) in [5.41, 5.74) is -0.803. The lowest BCUT2D eigenvalue weighted by Gasteiger charge is -2.36. The number of nitrogens with zero attached hydrogens (tertiary/aromatic N) is 3. The van der Waals surface area contributed by atoms with E-state index in [1.807, 2.05) is 27.7 Å². The average Bonchev–Trinajstić information content (AvgIpc) is 3.20. The first-order chi connectivity index (χ1) is 17.4. The van der Waals surface area contributed by atoms with Gasteiger partial charge in [0.1, 0.15) is 24.2 Å². The van der Waals surface area contributed by atoms with Crippen LogP contribution in [0.15, 0.2) is 15.8 Å². The Morgan fingerprint density at radius 3 is 2.51 bits per heavy atom. The fourth-order valence-electron chi connectivity index (χ4n) is 3.90. The molecule has 0 spiro atoms. The van der Waals surface area contributed by atoms with Gasteiger partial charge in [0.2, 0.25) is 0 Å². The number of esters is 1. The lowest BCUT2D eigenvalue weighted by Crippen LogP contribution is -2.36. The predicted molar refractivity (Wildman–Crippen MR) is 136 cm³/mol. The molecule has 0 amide bonds. The number of carbonyl (C=O) groups excluding carboxylic acids is 2. The van der Waals surface area contributed by atoms with Crippen LogP contribution in [0.5, 0.6) is 0 Å². The summed E-state index contributed by atoms with van der Waals surface area (Å²) in [5.74, 6) is -0.687. The van der Waals surface area contributed by atoms with Gasteiger partial charge in [-0.15, -0.1) is 0 Å². The lowest BCUT2D eigenvalue weighted by atomic mass is 10.1. The van der Waals surface area contributed by atoms with Gasteiger partial charge < -0.3 is 23.3 Å². The van der Waals surface area contributed by atoms with Gasteiger partial charge in [-0.05, 0) is 41.5 Å². The number of ketones is 1. The molecule has 206 valence electrons. The molecule has 0 aromatic carbocycles. The molecule has 1 fully saturated rings. The molecule has 0 saturated carbocycles. The average molecular weight is 541 g/mol. The van der Waals surface area contributed by atoms with Crippen molar-refractivity contribution in [3.05, 3.63) is 32.6 Å². The van der Waals surface area contributed by atoms with E-state index in [4.69, 9.17) is 23.8 Å². The van der Waals surface area contributed by atoms with Gasteiger partial charge in [-0.1, -0.05) is 0 Å². The highest BCUT2D eigenvalue weighted by Gasteiger charge is 2.41. The third-order valence-corrected chi connectivity index (χ3v) is 7.69. The Morgan fingerprint density at radius 2 is 1.92 bits per heavy atom. The van der Waals surface area contributed by atoms with Crippen LogP contribution in [-0.2, 0) is 28.1 Å². The second-order valence-electron chi connectivity index (χ2n) is 9.42. The highest BCUT2D eigenvalue weighted by atomic mass is 31.2. The third-order valence-electron chi connectivity index (χ3n) is 5.61. The number of hydrogen-bond donors (Lipinski definition) is 1. The molecule has 0 radical (unpaired) electrons. The summed E-state index contributed by atoms with van der Waals surface area (Å²) in [4.78, 5) is 50.2. The molecular formula is C24H37N4O8P. The molecule has 2 rings (SSSR count). The normalized spacial score (nSPS) is 20.4. The van der Waals surface area contributed by atoms with Gasteiger partial charge in [-0.25, -0.2) is 9.46 Å². The smallest absolute Gasteiger partial charge is 0.330 e. The van der Waals surface area contributed by atoms with Gasteiger partial charge >= 0.3 is 11.7 Å². The Balaban J connectivity index is 2.25. The zero-order valence-electron chi connectivity index (χ0n) is 22.3. The number of ether oxygens (including phenoxy) is 2. The predicted octanol–water partition coefficient (Wildman–Crippen LogP) is 2.71. The van der Waals surface area contributed by atoms with E-state index in [1.165, 1.54) is 17.7 Å². The summed E-state index contributed by atoms with van der Waals surface area (Å²) in [6, 6.07) is 2.23. The fraction of sp³-hybridized carbons (Fsp3) is 0.708. The van der Waals surface area contributed by atoms with Crippen LogP contribution < -0.4 is 11.2 Å².